The van der Waals surface area contributed by atoms with Crippen LogP contribution in [0.4, 0.5) is 5.82 Å². The smallest absolute Gasteiger partial charge is 0.129 e. The van der Waals surface area contributed by atoms with E-state index in [1.807, 2.05) is 0 Å². The lowest BCUT2D eigenvalue weighted by Crippen LogP contribution is -2.48. The van der Waals surface area contributed by atoms with Crippen LogP contribution >= 0.6 is 11.6 Å². The first kappa shape index (κ1) is 16.5. The monoisotopic (exact) mass is 310 g/mol. The second-order valence-electron chi connectivity index (χ2n) is 5.94. The van der Waals surface area contributed by atoms with Gasteiger partial charge < -0.3 is 9.80 Å². The number of aromatic nitrogens is 1. The molecule has 2 rings (SSSR count). The summed E-state index contributed by atoms with van der Waals surface area (Å²) in [7, 11) is 4.26. The highest BCUT2D eigenvalue weighted by Gasteiger charge is 2.18. The third kappa shape index (κ3) is 4.83. The van der Waals surface area contributed by atoms with Crippen molar-refractivity contribution in [1.82, 2.24) is 14.8 Å². The molecule has 1 aliphatic rings. The van der Waals surface area contributed by atoms with Gasteiger partial charge >= 0.3 is 0 Å². The predicted molar refractivity (Wildman–Crippen MR) is 90.4 cm³/mol. The zero-order valence-electron chi connectivity index (χ0n) is 13.5. The van der Waals surface area contributed by atoms with E-state index in [0.29, 0.717) is 5.88 Å². The van der Waals surface area contributed by atoms with Crippen LogP contribution in [0.25, 0.3) is 0 Å². The van der Waals surface area contributed by atoms with Crippen LogP contribution < -0.4 is 4.90 Å². The summed E-state index contributed by atoms with van der Waals surface area (Å²) < 4.78 is 0. The molecule has 2 heterocycles. The minimum atomic E-state index is 0.561. The quantitative estimate of drug-likeness (QED) is 0.750. The fourth-order valence-electron chi connectivity index (χ4n) is 2.60. The molecule has 0 amide bonds. The fraction of sp³-hybridized carbons (Fsp3) is 0.688. The highest BCUT2D eigenvalue weighted by molar-refractivity contribution is 6.17. The minimum absolute atomic E-state index is 0.561. The number of likely N-dealkylation sites (N-methyl/N-ethyl adjacent to an activating group) is 1. The Hall–Kier alpha value is -0.840. The summed E-state index contributed by atoms with van der Waals surface area (Å²) in [5, 5.41) is 0. The largest absolute Gasteiger partial charge is 0.354 e. The number of hydrogen-bond donors (Lipinski definition) is 0. The molecule has 0 N–H and O–H groups in total. The van der Waals surface area contributed by atoms with Crippen LogP contribution in [0.2, 0.25) is 0 Å². The lowest BCUT2D eigenvalue weighted by Gasteiger charge is -2.36. The van der Waals surface area contributed by atoms with E-state index in [1.165, 1.54) is 5.56 Å². The van der Waals surface area contributed by atoms with Crippen molar-refractivity contribution < 1.29 is 0 Å². The Morgan fingerprint density at radius 1 is 1.19 bits per heavy atom. The number of rotatable bonds is 6. The van der Waals surface area contributed by atoms with Crippen molar-refractivity contribution in [3.63, 3.8) is 0 Å². The molecular formula is C16H27ClN4. The summed E-state index contributed by atoms with van der Waals surface area (Å²) in [6, 6.07) is 4.26. The van der Waals surface area contributed by atoms with E-state index in [-0.39, 0.29) is 0 Å². The summed E-state index contributed by atoms with van der Waals surface area (Å²) in [5.41, 5.74) is 2.31. The van der Waals surface area contributed by atoms with Crippen molar-refractivity contribution in [2.75, 3.05) is 58.3 Å². The maximum Gasteiger partial charge on any atom is 0.129 e. The van der Waals surface area contributed by atoms with Gasteiger partial charge in [0, 0.05) is 50.8 Å². The van der Waals surface area contributed by atoms with Gasteiger partial charge in [-0.3, -0.25) is 4.90 Å². The summed E-state index contributed by atoms with van der Waals surface area (Å²) in [6.45, 7) is 8.74. The van der Waals surface area contributed by atoms with Crippen molar-refractivity contribution in [2.45, 2.75) is 19.2 Å². The van der Waals surface area contributed by atoms with Crippen LogP contribution in [0.5, 0.6) is 0 Å². The number of hydrogen-bond acceptors (Lipinski definition) is 4. The number of pyridine rings is 1. The van der Waals surface area contributed by atoms with Gasteiger partial charge in [-0.2, -0.15) is 0 Å². The van der Waals surface area contributed by atoms with Crippen LogP contribution in [0.1, 0.15) is 18.2 Å². The molecule has 0 aliphatic carbocycles. The first-order chi connectivity index (χ1) is 10.1. The van der Waals surface area contributed by atoms with E-state index < -0.39 is 0 Å². The van der Waals surface area contributed by atoms with E-state index in [2.05, 4.69) is 47.9 Å². The summed E-state index contributed by atoms with van der Waals surface area (Å²) in [5.74, 6) is 1.66. The van der Waals surface area contributed by atoms with Crippen molar-refractivity contribution in [1.29, 1.82) is 0 Å². The van der Waals surface area contributed by atoms with Gasteiger partial charge in [0.15, 0.2) is 0 Å². The Balaban J connectivity index is 1.95. The van der Waals surface area contributed by atoms with E-state index in [1.54, 1.807) is 0 Å². The standard InChI is InChI=1S/C16H27ClN4/c1-4-15-11-14(13-17)12-16(18-15)21-9-7-20(8-10-21)6-5-19(2)3/h11-12H,4-10,13H2,1-3H3. The van der Waals surface area contributed by atoms with Crippen molar-refractivity contribution in [3.8, 4) is 0 Å². The molecule has 21 heavy (non-hydrogen) atoms. The topological polar surface area (TPSA) is 22.6 Å². The maximum absolute atomic E-state index is 6.00. The van der Waals surface area contributed by atoms with Crippen LogP contribution in [0.15, 0.2) is 12.1 Å². The number of alkyl halides is 1. The SMILES string of the molecule is CCc1cc(CCl)cc(N2CCN(CCN(C)C)CC2)n1. The molecule has 1 fully saturated rings. The lowest BCUT2D eigenvalue weighted by molar-refractivity contribution is 0.229. The van der Waals surface area contributed by atoms with E-state index in [4.69, 9.17) is 16.6 Å². The molecule has 0 atom stereocenters. The van der Waals surface area contributed by atoms with Crippen LogP contribution in [0.3, 0.4) is 0 Å². The van der Waals surface area contributed by atoms with Crippen molar-refractivity contribution in [2.24, 2.45) is 0 Å². The number of halogens is 1. The first-order valence-electron chi connectivity index (χ1n) is 7.80. The normalized spacial score (nSPS) is 16.7. The summed E-state index contributed by atoms with van der Waals surface area (Å²) >= 11 is 6.00. The highest BCUT2D eigenvalue weighted by Crippen LogP contribution is 2.18. The Morgan fingerprint density at radius 3 is 2.48 bits per heavy atom. The third-order valence-corrected chi connectivity index (χ3v) is 4.31. The number of aryl methyl sites for hydroxylation is 1. The van der Waals surface area contributed by atoms with Gasteiger partial charge in [0.1, 0.15) is 5.82 Å². The van der Waals surface area contributed by atoms with Gasteiger partial charge in [-0.25, -0.2) is 4.98 Å². The van der Waals surface area contributed by atoms with E-state index >= 15 is 0 Å². The number of nitrogens with zero attached hydrogens (tertiary/aromatic N) is 4. The average molecular weight is 311 g/mol. The summed E-state index contributed by atoms with van der Waals surface area (Å²) in [4.78, 5) is 11.9. The first-order valence-corrected chi connectivity index (χ1v) is 8.33. The molecule has 0 spiro atoms. The lowest BCUT2D eigenvalue weighted by atomic mass is 10.2. The average Bonchev–Trinajstić information content (AvgIpc) is 2.52. The zero-order chi connectivity index (χ0) is 15.2. The van der Waals surface area contributed by atoms with Gasteiger partial charge in [-0.15, -0.1) is 11.6 Å². The van der Waals surface area contributed by atoms with Gasteiger partial charge in [0.2, 0.25) is 0 Å². The zero-order valence-corrected chi connectivity index (χ0v) is 14.2. The Labute approximate surface area is 133 Å². The maximum atomic E-state index is 6.00. The number of anilines is 1. The minimum Gasteiger partial charge on any atom is -0.354 e. The molecular weight excluding hydrogens is 284 g/mol. The molecule has 4 nitrogen and oxygen atoms in total. The molecule has 1 saturated heterocycles. The molecule has 0 unspecified atom stereocenters. The summed E-state index contributed by atoms with van der Waals surface area (Å²) in [6.07, 6.45) is 0.959. The molecule has 0 saturated carbocycles. The molecule has 118 valence electrons. The van der Waals surface area contributed by atoms with Crippen LogP contribution in [-0.4, -0.2) is 68.1 Å². The Bertz CT molecular complexity index is 420. The predicted octanol–water partition coefficient (Wildman–Crippen LogP) is 2.07. The Kier molecular flexibility index (Phi) is 6.27. The fourth-order valence-corrected chi connectivity index (χ4v) is 2.75. The molecule has 1 aromatic rings. The number of piperazine rings is 1. The molecule has 1 aromatic heterocycles. The van der Waals surface area contributed by atoms with Gasteiger partial charge in [-0.1, -0.05) is 6.92 Å². The van der Waals surface area contributed by atoms with Crippen molar-refractivity contribution >= 4 is 17.4 Å². The molecule has 5 heteroatoms. The van der Waals surface area contributed by atoms with Gasteiger partial charge in [-0.05, 0) is 38.2 Å². The molecule has 0 bridgehead atoms. The highest BCUT2D eigenvalue weighted by atomic mass is 35.5. The van der Waals surface area contributed by atoms with Crippen molar-refractivity contribution in [3.05, 3.63) is 23.4 Å². The molecule has 0 aromatic carbocycles. The van der Waals surface area contributed by atoms with Crippen LogP contribution in [0, 0.1) is 0 Å². The van der Waals surface area contributed by atoms with Crippen LogP contribution in [-0.2, 0) is 12.3 Å². The molecule has 1 aliphatic heterocycles. The second kappa shape index (κ2) is 7.97. The molecule has 0 radical (unpaired) electrons. The second-order valence-corrected chi connectivity index (χ2v) is 6.21. The van der Waals surface area contributed by atoms with Gasteiger partial charge in [0.25, 0.3) is 0 Å². The van der Waals surface area contributed by atoms with Gasteiger partial charge in [0.05, 0.1) is 0 Å². The third-order valence-electron chi connectivity index (χ3n) is 4.00. The van der Waals surface area contributed by atoms with E-state index in [0.717, 1.165) is 57.2 Å². The van der Waals surface area contributed by atoms with E-state index in [9.17, 15) is 0 Å². The Morgan fingerprint density at radius 2 is 1.90 bits per heavy atom.